The average molecular weight is 379 g/mol. The number of rotatable bonds is 2. The van der Waals surface area contributed by atoms with Gasteiger partial charge in [-0.05, 0) is 49.2 Å². The zero-order valence-corrected chi connectivity index (χ0v) is 16.3. The molecule has 5 nitrogen and oxygen atoms in total. The average Bonchev–Trinajstić information content (AvgIpc) is 2.95. The van der Waals surface area contributed by atoms with Crippen LogP contribution in [0.15, 0.2) is 41.4 Å². The first-order valence-corrected chi connectivity index (χ1v) is 10.1. The molecule has 3 heterocycles. The van der Waals surface area contributed by atoms with Crippen LogP contribution in [-0.2, 0) is 10.3 Å². The molecule has 6 heteroatoms. The highest BCUT2D eigenvalue weighted by Crippen LogP contribution is 2.40. The number of carbonyl (C=O) groups excluding carboxylic acids is 1. The lowest BCUT2D eigenvalue weighted by Gasteiger charge is -2.33. The molecule has 1 amide bonds. The quantitative estimate of drug-likeness (QED) is 0.740. The molecule has 2 N–H and O–H groups in total. The number of hydrogen-bond donors (Lipinski definition) is 1. The number of hydrogen-bond acceptors (Lipinski definition) is 5. The van der Waals surface area contributed by atoms with Crippen molar-refractivity contribution in [2.45, 2.75) is 25.3 Å². The van der Waals surface area contributed by atoms with E-state index in [0.717, 1.165) is 18.7 Å². The van der Waals surface area contributed by atoms with E-state index in [0.29, 0.717) is 6.42 Å². The predicted molar refractivity (Wildman–Crippen MR) is 113 cm³/mol. The van der Waals surface area contributed by atoms with Gasteiger partial charge in [0.25, 0.3) is 0 Å². The summed E-state index contributed by atoms with van der Waals surface area (Å²) in [6.07, 6.45) is 1.60. The van der Waals surface area contributed by atoms with Crippen molar-refractivity contribution in [2.75, 3.05) is 25.0 Å². The molecule has 2 aliphatic heterocycles. The van der Waals surface area contributed by atoms with Crippen molar-refractivity contribution in [2.24, 2.45) is 10.7 Å². The summed E-state index contributed by atoms with van der Waals surface area (Å²) in [4.78, 5) is 20.8. The second-order valence-electron chi connectivity index (χ2n) is 7.71. The summed E-state index contributed by atoms with van der Waals surface area (Å²) in [6.45, 7) is 4.27. The fourth-order valence-electron chi connectivity index (χ4n) is 3.95. The number of aliphatic imine (C=N–C) groups is 1. The van der Waals surface area contributed by atoms with Gasteiger partial charge in [0.1, 0.15) is 0 Å². The summed E-state index contributed by atoms with van der Waals surface area (Å²) < 4.78 is 2.55. The number of amides is 1. The van der Waals surface area contributed by atoms with Crippen LogP contribution in [0.3, 0.4) is 0 Å². The Morgan fingerprint density at radius 2 is 1.81 bits per heavy atom. The second-order valence-corrected chi connectivity index (χ2v) is 8.79. The van der Waals surface area contributed by atoms with Crippen LogP contribution in [0.5, 0.6) is 0 Å². The summed E-state index contributed by atoms with van der Waals surface area (Å²) in [5.74, 6) is 0.282. The first kappa shape index (κ1) is 16.6. The highest BCUT2D eigenvalue weighted by molar-refractivity contribution is 7.25. The number of nitrogens with two attached hydrogens (primary N) is 1. The summed E-state index contributed by atoms with van der Waals surface area (Å²) in [5.41, 5.74) is 7.70. The Bertz CT molecular complexity index is 1110. The Kier molecular flexibility index (Phi) is 3.49. The lowest BCUT2D eigenvalue weighted by Crippen LogP contribution is -2.47. The number of guanidine groups is 1. The zero-order valence-electron chi connectivity index (χ0n) is 15.5. The summed E-state index contributed by atoms with van der Waals surface area (Å²) in [7, 11) is 1.67. The lowest BCUT2D eigenvalue weighted by molar-refractivity contribution is -0.128. The van der Waals surface area contributed by atoms with E-state index < -0.39 is 5.54 Å². The standard InChI is InChI=1S/C21H22N4OS/c1-21(12-19(26)24(2)20(22)23-21)13-4-6-17-15(10-13)16-11-14(25-8-3-9-25)5-7-18(16)27-17/h4-7,10-11H,3,8-9,12H2,1-2H3,(H2,22,23)/t21-/m0/s1. The van der Waals surface area contributed by atoms with Gasteiger partial charge in [0, 0.05) is 46.0 Å². The number of fused-ring (bicyclic) bond motifs is 3. The van der Waals surface area contributed by atoms with Crippen LogP contribution in [0.25, 0.3) is 20.2 Å². The van der Waals surface area contributed by atoms with Crippen LogP contribution in [0.2, 0.25) is 0 Å². The van der Waals surface area contributed by atoms with E-state index >= 15 is 0 Å². The van der Waals surface area contributed by atoms with Crippen LogP contribution < -0.4 is 10.6 Å². The third-order valence-electron chi connectivity index (χ3n) is 5.87. The normalized spacial score (nSPS) is 23.0. The first-order chi connectivity index (χ1) is 12.9. The largest absolute Gasteiger partial charge is 0.371 e. The minimum atomic E-state index is -0.620. The molecule has 3 aromatic rings. The van der Waals surface area contributed by atoms with Crippen molar-refractivity contribution in [3.63, 3.8) is 0 Å². The van der Waals surface area contributed by atoms with Crippen LogP contribution in [0.4, 0.5) is 5.69 Å². The van der Waals surface area contributed by atoms with Crippen LogP contribution in [-0.4, -0.2) is 36.9 Å². The minimum absolute atomic E-state index is 0.000318. The number of benzene rings is 2. The van der Waals surface area contributed by atoms with Gasteiger partial charge >= 0.3 is 0 Å². The van der Waals surface area contributed by atoms with Gasteiger partial charge in [-0.15, -0.1) is 11.3 Å². The van der Waals surface area contributed by atoms with Crippen molar-refractivity contribution in [3.05, 3.63) is 42.0 Å². The molecule has 0 unspecified atom stereocenters. The van der Waals surface area contributed by atoms with E-state index in [2.05, 4.69) is 46.3 Å². The fourth-order valence-corrected chi connectivity index (χ4v) is 5.01. The first-order valence-electron chi connectivity index (χ1n) is 9.28. The van der Waals surface area contributed by atoms with E-state index in [-0.39, 0.29) is 11.9 Å². The van der Waals surface area contributed by atoms with E-state index in [4.69, 9.17) is 5.73 Å². The predicted octanol–water partition coefficient (Wildman–Crippen LogP) is 3.66. The highest BCUT2D eigenvalue weighted by Gasteiger charge is 2.36. The monoisotopic (exact) mass is 378 g/mol. The van der Waals surface area contributed by atoms with Crippen molar-refractivity contribution in [3.8, 4) is 0 Å². The third kappa shape index (κ3) is 2.51. The maximum Gasteiger partial charge on any atom is 0.231 e. The molecule has 0 saturated carbocycles. The molecule has 2 aromatic carbocycles. The van der Waals surface area contributed by atoms with Crippen LogP contribution in [0.1, 0.15) is 25.3 Å². The van der Waals surface area contributed by atoms with Crippen LogP contribution in [0, 0.1) is 0 Å². The zero-order chi connectivity index (χ0) is 18.8. The molecule has 1 aromatic heterocycles. The SMILES string of the molecule is CN1C(=O)C[C@@](C)(c2ccc3sc4ccc(N5CCC5)cc4c3c2)N=C1N. The van der Waals surface area contributed by atoms with Crippen molar-refractivity contribution >= 4 is 49.1 Å². The molecule has 5 rings (SSSR count). The topological polar surface area (TPSA) is 61.9 Å². The highest BCUT2D eigenvalue weighted by atomic mass is 32.1. The number of carbonyl (C=O) groups is 1. The van der Waals surface area contributed by atoms with Gasteiger partial charge in [0.05, 0.1) is 12.0 Å². The smallest absolute Gasteiger partial charge is 0.231 e. The Balaban J connectivity index is 1.66. The molecule has 2 aliphatic rings. The van der Waals surface area contributed by atoms with Gasteiger partial charge in [-0.3, -0.25) is 9.69 Å². The summed E-state index contributed by atoms with van der Waals surface area (Å²) in [5, 5.41) is 2.51. The van der Waals surface area contributed by atoms with E-state index in [1.807, 2.05) is 18.3 Å². The molecular formula is C21H22N4OS. The molecule has 0 radical (unpaired) electrons. The minimum Gasteiger partial charge on any atom is -0.371 e. The Hall–Kier alpha value is -2.60. The summed E-state index contributed by atoms with van der Waals surface area (Å²) in [6, 6.07) is 13.2. The Morgan fingerprint density at radius 1 is 1.11 bits per heavy atom. The van der Waals surface area contributed by atoms with Gasteiger partial charge < -0.3 is 10.6 Å². The fraction of sp³-hybridized carbons (Fsp3) is 0.333. The maximum absolute atomic E-state index is 12.3. The number of thiophene rings is 1. The van der Waals surface area contributed by atoms with Gasteiger partial charge in [0.2, 0.25) is 5.91 Å². The third-order valence-corrected chi connectivity index (χ3v) is 7.02. The van der Waals surface area contributed by atoms with Crippen molar-refractivity contribution in [1.82, 2.24) is 4.90 Å². The molecular weight excluding hydrogens is 356 g/mol. The molecule has 1 saturated heterocycles. The molecule has 1 fully saturated rings. The second kappa shape index (κ2) is 5.70. The van der Waals surface area contributed by atoms with Gasteiger partial charge in [-0.25, -0.2) is 4.99 Å². The molecule has 0 aliphatic carbocycles. The number of nitrogens with zero attached hydrogens (tertiary/aromatic N) is 3. The van der Waals surface area contributed by atoms with Crippen molar-refractivity contribution in [1.29, 1.82) is 0 Å². The van der Waals surface area contributed by atoms with E-state index in [1.54, 1.807) is 7.05 Å². The summed E-state index contributed by atoms with van der Waals surface area (Å²) >= 11 is 1.81. The molecule has 1 atom stereocenters. The number of anilines is 1. The van der Waals surface area contributed by atoms with Gasteiger partial charge in [-0.1, -0.05) is 6.07 Å². The molecule has 0 spiro atoms. The van der Waals surface area contributed by atoms with Crippen LogP contribution >= 0.6 is 11.3 Å². The maximum atomic E-state index is 12.3. The Labute approximate surface area is 162 Å². The van der Waals surface area contributed by atoms with Gasteiger partial charge in [-0.2, -0.15) is 0 Å². The lowest BCUT2D eigenvalue weighted by atomic mass is 9.87. The Morgan fingerprint density at radius 3 is 2.48 bits per heavy atom. The van der Waals surface area contributed by atoms with Crippen molar-refractivity contribution < 1.29 is 4.79 Å². The molecule has 27 heavy (non-hydrogen) atoms. The molecule has 138 valence electrons. The van der Waals surface area contributed by atoms with E-state index in [9.17, 15) is 4.79 Å². The van der Waals surface area contributed by atoms with E-state index in [1.165, 1.54) is 37.2 Å². The molecule has 0 bridgehead atoms. The van der Waals surface area contributed by atoms with Gasteiger partial charge in [0.15, 0.2) is 5.96 Å².